The predicted octanol–water partition coefficient (Wildman–Crippen LogP) is 4.91. The molecule has 3 aromatic rings. The van der Waals surface area contributed by atoms with E-state index < -0.39 is 17.7 Å². The molecule has 2 aliphatic heterocycles. The summed E-state index contributed by atoms with van der Waals surface area (Å²) in [7, 11) is 0. The van der Waals surface area contributed by atoms with Gasteiger partial charge in [-0.15, -0.1) is 11.3 Å². The number of likely N-dealkylation sites (tertiary alicyclic amines) is 1. The predicted molar refractivity (Wildman–Crippen MR) is 165 cm³/mol. The Bertz CT molecular complexity index is 1530. The van der Waals surface area contributed by atoms with Crippen LogP contribution in [0.1, 0.15) is 68.2 Å². The summed E-state index contributed by atoms with van der Waals surface area (Å²) < 4.78 is 6.24. The van der Waals surface area contributed by atoms with Crippen molar-refractivity contribution in [3.05, 3.63) is 70.4 Å². The van der Waals surface area contributed by atoms with E-state index in [0.29, 0.717) is 24.1 Å². The Balaban J connectivity index is 1.35. The molecule has 5 rings (SSSR count). The molecule has 228 valence electrons. The Morgan fingerprint density at radius 2 is 1.93 bits per heavy atom. The Labute approximate surface area is 256 Å². The maximum atomic E-state index is 14.3. The molecule has 0 radical (unpaired) electrons. The number of amides is 3. The molecule has 9 nitrogen and oxygen atoms in total. The number of nitrogens with one attached hydrogen (secondary N) is 1. The van der Waals surface area contributed by atoms with Gasteiger partial charge < -0.3 is 25.0 Å². The minimum Gasteiger partial charge on any atom is -0.508 e. The number of ether oxygens (including phenoxy) is 1. The zero-order chi connectivity index (χ0) is 31.1. The van der Waals surface area contributed by atoms with Gasteiger partial charge in [0.1, 0.15) is 17.8 Å². The van der Waals surface area contributed by atoms with Crippen molar-refractivity contribution in [2.75, 3.05) is 6.54 Å². The van der Waals surface area contributed by atoms with E-state index in [1.165, 1.54) is 11.3 Å². The molecule has 0 unspecified atom stereocenters. The molecule has 1 fully saturated rings. The lowest BCUT2D eigenvalue weighted by molar-refractivity contribution is -0.143. The summed E-state index contributed by atoms with van der Waals surface area (Å²) in [5.74, 6) is -0.851. The fourth-order valence-corrected chi connectivity index (χ4v) is 6.86. The average Bonchev–Trinajstić information content (AvgIpc) is 3.64. The molecule has 2 aliphatic rings. The van der Waals surface area contributed by atoms with Crippen LogP contribution >= 0.6 is 11.3 Å². The summed E-state index contributed by atoms with van der Waals surface area (Å²) in [6.07, 6.45) is -0.00188. The molecule has 3 amide bonds. The molecule has 1 saturated heterocycles. The molecule has 3 atom stereocenters. The number of hydrogen-bond donors (Lipinski definition) is 2. The van der Waals surface area contributed by atoms with Gasteiger partial charge in [-0.1, -0.05) is 44.2 Å². The van der Waals surface area contributed by atoms with E-state index in [0.717, 1.165) is 21.7 Å². The highest BCUT2D eigenvalue weighted by molar-refractivity contribution is 7.13. The molecule has 3 heterocycles. The largest absolute Gasteiger partial charge is 0.508 e. The third-order valence-corrected chi connectivity index (χ3v) is 8.96. The molecule has 10 heteroatoms. The van der Waals surface area contributed by atoms with Crippen molar-refractivity contribution < 1.29 is 24.2 Å². The first-order chi connectivity index (χ1) is 20.3. The highest BCUT2D eigenvalue weighted by atomic mass is 32.1. The number of benzene rings is 2. The second-order valence-electron chi connectivity index (χ2n) is 12.7. The number of aryl methyl sites for hydroxylation is 1. The summed E-state index contributed by atoms with van der Waals surface area (Å²) in [6.45, 7) is 12.3. The maximum Gasteiger partial charge on any atom is 0.255 e. The first kappa shape index (κ1) is 30.7. The van der Waals surface area contributed by atoms with Crippen LogP contribution in [0, 0.1) is 12.8 Å². The molecule has 2 aromatic carbocycles. The Morgan fingerprint density at radius 3 is 2.56 bits per heavy atom. The molecular weight excluding hydrogens is 564 g/mol. The van der Waals surface area contributed by atoms with Gasteiger partial charge in [0, 0.05) is 37.2 Å². The monoisotopic (exact) mass is 604 g/mol. The van der Waals surface area contributed by atoms with Gasteiger partial charge in [0.2, 0.25) is 11.8 Å². The number of hydrogen-bond acceptors (Lipinski definition) is 7. The van der Waals surface area contributed by atoms with Crippen molar-refractivity contribution in [1.82, 2.24) is 20.1 Å². The van der Waals surface area contributed by atoms with E-state index in [4.69, 9.17) is 4.74 Å². The smallest absolute Gasteiger partial charge is 0.255 e. The fraction of sp³-hybridized carbons (Fsp3) is 0.455. The Hall–Kier alpha value is -3.76. The maximum absolute atomic E-state index is 14.3. The first-order valence-corrected chi connectivity index (χ1v) is 15.6. The zero-order valence-corrected chi connectivity index (χ0v) is 26.4. The summed E-state index contributed by atoms with van der Waals surface area (Å²) in [4.78, 5) is 49.8. The number of carbonyl (C=O) groups is 3. The van der Waals surface area contributed by atoms with Gasteiger partial charge >= 0.3 is 0 Å². The number of phenols is 1. The van der Waals surface area contributed by atoms with Gasteiger partial charge in [0.05, 0.1) is 27.8 Å². The fourth-order valence-electron chi connectivity index (χ4n) is 6.06. The third-order valence-electron chi connectivity index (χ3n) is 7.98. The average molecular weight is 605 g/mol. The lowest BCUT2D eigenvalue weighted by atomic mass is 10.0. The zero-order valence-electron chi connectivity index (χ0n) is 25.6. The van der Waals surface area contributed by atoms with Crippen molar-refractivity contribution in [2.24, 2.45) is 5.92 Å². The molecular formula is C33H40N4O5S. The second kappa shape index (κ2) is 12.1. The molecule has 0 aliphatic carbocycles. The molecule has 2 N–H and O–H groups in total. The summed E-state index contributed by atoms with van der Waals surface area (Å²) in [5.41, 5.74) is 5.14. The van der Waals surface area contributed by atoms with Crippen LogP contribution in [0.15, 0.2) is 48.0 Å². The highest BCUT2D eigenvalue weighted by Gasteiger charge is 2.47. The lowest BCUT2D eigenvalue weighted by Gasteiger charge is -2.35. The van der Waals surface area contributed by atoms with Gasteiger partial charge in [-0.05, 0) is 56.9 Å². The number of rotatable bonds is 8. The third kappa shape index (κ3) is 6.45. The van der Waals surface area contributed by atoms with E-state index in [1.54, 1.807) is 33.5 Å². The molecule has 0 bridgehead atoms. The Morgan fingerprint density at radius 1 is 1.19 bits per heavy atom. The number of carbonyl (C=O) groups excluding carboxylic acids is 3. The first-order valence-electron chi connectivity index (χ1n) is 14.7. The number of fused-ring (bicyclic) bond motifs is 1. The minimum atomic E-state index is -0.776. The highest BCUT2D eigenvalue weighted by Crippen LogP contribution is 2.33. The van der Waals surface area contributed by atoms with E-state index in [2.05, 4.69) is 10.3 Å². The van der Waals surface area contributed by atoms with Gasteiger partial charge in [0.15, 0.2) is 0 Å². The SMILES string of the molecule is Cc1ncsc1-c1ccc(CNC(=O)[C@@H]2C[C@@H](OC(C)(C)C)CN2C(=O)[C@H](C(C)C)N2Cc3ccccc3C2=O)c(O)c1. The van der Waals surface area contributed by atoms with Crippen LogP contribution in [0.4, 0.5) is 0 Å². The van der Waals surface area contributed by atoms with Crippen molar-refractivity contribution in [2.45, 2.75) is 84.8 Å². The van der Waals surface area contributed by atoms with Crippen molar-refractivity contribution in [1.29, 1.82) is 0 Å². The van der Waals surface area contributed by atoms with Crippen LogP contribution in [0.25, 0.3) is 10.4 Å². The van der Waals surface area contributed by atoms with E-state index in [9.17, 15) is 19.5 Å². The Kier molecular flexibility index (Phi) is 8.63. The number of thiazole rings is 1. The minimum absolute atomic E-state index is 0.0749. The van der Waals surface area contributed by atoms with E-state index in [-0.39, 0.29) is 48.6 Å². The van der Waals surface area contributed by atoms with Crippen LogP contribution in [-0.2, 0) is 27.4 Å². The second-order valence-corrected chi connectivity index (χ2v) is 13.6. The van der Waals surface area contributed by atoms with Crippen LogP contribution in [-0.4, -0.2) is 67.9 Å². The quantitative estimate of drug-likeness (QED) is 0.378. The van der Waals surface area contributed by atoms with Gasteiger partial charge in [-0.2, -0.15) is 0 Å². The number of aromatic nitrogens is 1. The van der Waals surface area contributed by atoms with Crippen LogP contribution in [0.2, 0.25) is 0 Å². The number of aromatic hydroxyl groups is 1. The summed E-state index contributed by atoms with van der Waals surface area (Å²) in [6, 6.07) is 11.3. The van der Waals surface area contributed by atoms with Crippen molar-refractivity contribution in [3.63, 3.8) is 0 Å². The van der Waals surface area contributed by atoms with Crippen molar-refractivity contribution in [3.8, 4) is 16.2 Å². The van der Waals surface area contributed by atoms with Crippen LogP contribution in [0.5, 0.6) is 5.75 Å². The number of nitrogens with zero attached hydrogens (tertiary/aromatic N) is 3. The summed E-state index contributed by atoms with van der Waals surface area (Å²) >= 11 is 1.50. The normalized spacial score (nSPS) is 19.2. The molecule has 0 saturated carbocycles. The van der Waals surface area contributed by atoms with Crippen LogP contribution in [0.3, 0.4) is 0 Å². The number of phenolic OH excluding ortho intramolecular Hbond substituents is 1. The van der Waals surface area contributed by atoms with Crippen LogP contribution < -0.4 is 5.32 Å². The topological polar surface area (TPSA) is 112 Å². The molecule has 1 aromatic heterocycles. The van der Waals surface area contributed by atoms with E-state index >= 15 is 0 Å². The van der Waals surface area contributed by atoms with Gasteiger partial charge in [0.25, 0.3) is 5.91 Å². The van der Waals surface area contributed by atoms with Gasteiger partial charge in [-0.3, -0.25) is 14.4 Å². The van der Waals surface area contributed by atoms with Gasteiger partial charge in [-0.25, -0.2) is 4.98 Å². The van der Waals surface area contributed by atoms with Crippen molar-refractivity contribution >= 4 is 29.1 Å². The lowest BCUT2D eigenvalue weighted by Crippen LogP contribution is -2.55. The van der Waals surface area contributed by atoms with E-state index in [1.807, 2.05) is 65.8 Å². The molecule has 43 heavy (non-hydrogen) atoms. The molecule has 0 spiro atoms. The standard InChI is InChI=1S/C33H40N4O5S/c1-19(2)28(37-16-23-9-7-8-10-25(23)31(37)40)32(41)36-17-24(42-33(4,5)6)14-26(36)30(39)34-15-22-12-11-21(13-27(22)38)29-20(3)35-18-43-29/h7-13,18-19,24,26,28,38H,14-17H2,1-6H3,(H,34,39)/t24-,26+,28+/m1/s1. The summed E-state index contributed by atoms with van der Waals surface area (Å²) in [5, 5.41) is 13.7.